The fourth-order valence-electron chi connectivity index (χ4n) is 2.30. The summed E-state index contributed by atoms with van der Waals surface area (Å²) in [5, 5.41) is 0. The molecule has 0 saturated carbocycles. The number of hydrogen-bond donors (Lipinski definition) is 0. The monoisotopic (exact) mass is 257 g/mol. The van der Waals surface area contributed by atoms with Gasteiger partial charge in [-0.15, -0.1) is 0 Å². The maximum absolute atomic E-state index is 2.35. The normalized spacial score (nSPS) is 17.5. The van der Waals surface area contributed by atoms with Gasteiger partial charge in [-0.25, -0.2) is 0 Å². The van der Waals surface area contributed by atoms with Crippen LogP contribution in [0.5, 0.6) is 0 Å². The Bertz CT molecular complexity index is 555. The standard InChI is InChI=1S/C10H9.C6H5.V/c1-8-6-9-4-2-3-5-10(9)7-8;1-2-4-6-5-3-1;/h2-7H,1H3;1-5H;. The number of allylic oxidation sites excluding steroid dienone is 1. The summed E-state index contributed by atoms with van der Waals surface area (Å²) in [6.45, 7) is 2.27. The molecule has 17 heavy (non-hydrogen) atoms. The van der Waals surface area contributed by atoms with Crippen molar-refractivity contribution in [1.82, 2.24) is 0 Å². The van der Waals surface area contributed by atoms with Crippen LogP contribution in [-0.4, -0.2) is 0 Å². The summed E-state index contributed by atoms with van der Waals surface area (Å²) in [6, 6.07) is 19.7. The van der Waals surface area contributed by atoms with E-state index in [1.807, 2.05) is 0 Å². The quantitative estimate of drug-likeness (QED) is 0.771. The first-order chi connectivity index (χ1) is 8.34. The minimum absolute atomic E-state index is 0.186. The Morgan fingerprint density at radius 1 is 0.882 bits per heavy atom. The zero-order valence-electron chi connectivity index (χ0n) is 9.80. The van der Waals surface area contributed by atoms with Crippen molar-refractivity contribution >= 4 is 10.4 Å². The summed E-state index contributed by atoms with van der Waals surface area (Å²) >= 11 is 0.186. The number of fused-ring (bicyclic) bond motifs is 1. The van der Waals surface area contributed by atoms with Crippen molar-refractivity contribution in [3.05, 3.63) is 71.3 Å². The number of hydrogen-bond acceptors (Lipinski definition) is 0. The molecule has 2 aromatic carbocycles. The molecule has 0 aromatic heterocycles. The van der Waals surface area contributed by atoms with Crippen LogP contribution in [0.15, 0.2) is 60.2 Å². The molecule has 0 saturated heterocycles. The van der Waals surface area contributed by atoms with Gasteiger partial charge in [-0.05, 0) is 0 Å². The zero-order valence-corrected chi connectivity index (χ0v) is 11.2. The van der Waals surface area contributed by atoms with E-state index in [0.717, 1.165) is 0 Å². The molecule has 1 aliphatic carbocycles. The van der Waals surface area contributed by atoms with Crippen molar-refractivity contribution in [2.24, 2.45) is 0 Å². The van der Waals surface area contributed by atoms with E-state index in [4.69, 9.17) is 0 Å². The van der Waals surface area contributed by atoms with Crippen LogP contribution >= 0.6 is 0 Å². The fourth-order valence-corrected chi connectivity index (χ4v) is 4.32. The van der Waals surface area contributed by atoms with Crippen molar-refractivity contribution in [1.29, 1.82) is 0 Å². The molecule has 1 atom stereocenters. The van der Waals surface area contributed by atoms with E-state index in [1.165, 1.54) is 21.0 Å². The van der Waals surface area contributed by atoms with Gasteiger partial charge in [0.25, 0.3) is 0 Å². The van der Waals surface area contributed by atoms with Crippen LogP contribution in [0.4, 0.5) is 0 Å². The van der Waals surface area contributed by atoms with Crippen molar-refractivity contribution in [2.75, 3.05) is 0 Å². The average Bonchev–Trinajstić information content (AvgIpc) is 2.68. The Morgan fingerprint density at radius 2 is 1.59 bits per heavy atom. The molecule has 0 N–H and O–H groups in total. The predicted octanol–water partition coefficient (Wildman–Crippen LogP) is 3.55. The first-order valence-corrected chi connectivity index (χ1v) is 7.38. The first kappa shape index (κ1) is 10.9. The SMILES string of the molecule is CC1=Cc2ccccc2[CH]1[V][c]1ccccc1. The van der Waals surface area contributed by atoms with Gasteiger partial charge in [-0.3, -0.25) is 0 Å². The summed E-state index contributed by atoms with van der Waals surface area (Å²) in [5.41, 5.74) is 4.46. The summed E-state index contributed by atoms with van der Waals surface area (Å²) in [4.78, 5) is 0. The van der Waals surface area contributed by atoms with Crippen molar-refractivity contribution in [3.8, 4) is 0 Å². The molecule has 1 unspecified atom stereocenters. The maximum atomic E-state index is 2.35. The second kappa shape index (κ2) is 4.56. The summed E-state index contributed by atoms with van der Waals surface area (Å²) in [7, 11) is 0. The topological polar surface area (TPSA) is 0 Å². The van der Waals surface area contributed by atoms with Crippen LogP contribution in [-0.2, 0) is 16.3 Å². The van der Waals surface area contributed by atoms with Gasteiger partial charge in [0, 0.05) is 0 Å². The fraction of sp³-hybridized carbons (Fsp3) is 0.125. The molecule has 0 spiro atoms. The first-order valence-electron chi connectivity index (χ1n) is 5.87. The van der Waals surface area contributed by atoms with Gasteiger partial charge < -0.3 is 0 Å². The van der Waals surface area contributed by atoms with E-state index in [9.17, 15) is 0 Å². The van der Waals surface area contributed by atoms with Gasteiger partial charge >= 0.3 is 109 Å². The van der Waals surface area contributed by atoms with E-state index >= 15 is 0 Å². The molecule has 0 fully saturated rings. The van der Waals surface area contributed by atoms with Crippen molar-refractivity contribution in [2.45, 2.75) is 11.6 Å². The van der Waals surface area contributed by atoms with Gasteiger partial charge in [0.1, 0.15) is 0 Å². The molecule has 1 aliphatic rings. The van der Waals surface area contributed by atoms with Crippen LogP contribution in [0.2, 0.25) is 0 Å². The Balaban J connectivity index is 1.93. The number of benzene rings is 2. The Kier molecular flexibility index (Phi) is 2.92. The third kappa shape index (κ3) is 2.11. The summed E-state index contributed by atoms with van der Waals surface area (Å²) < 4.78 is 2.17. The zero-order chi connectivity index (χ0) is 11.7. The van der Waals surface area contributed by atoms with Crippen LogP contribution in [0.3, 0.4) is 0 Å². The second-order valence-corrected chi connectivity index (χ2v) is 6.40. The average molecular weight is 257 g/mol. The molecular weight excluding hydrogens is 243 g/mol. The molecular formula is C16H14V. The Morgan fingerprint density at radius 3 is 2.41 bits per heavy atom. The van der Waals surface area contributed by atoms with Crippen LogP contribution in [0.1, 0.15) is 22.7 Å². The third-order valence-electron chi connectivity index (χ3n) is 3.14. The molecule has 0 bridgehead atoms. The predicted molar refractivity (Wildman–Crippen MR) is 68.9 cm³/mol. The van der Waals surface area contributed by atoms with Gasteiger partial charge in [-0.2, -0.15) is 0 Å². The van der Waals surface area contributed by atoms with Gasteiger partial charge in [0.2, 0.25) is 0 Å². The molecule has 0 radical (unpaired) electrons. The Hall–Kier alpha value is -1.24. The second-order valence-electron chi connectivity index (χ2n) is 4.38. The molecule has 1 heteroatoms. The van der Waals surface area contributed by atoms with E-state index < -0.39 is 0 Å². The molecule has 83 valence electrons. The van der Waals surface area contributed by atoms with Crippen molar-refractivity contribution in [3.63, 3.8) is 0 Å². The van der Waals surface area contributed by atoms with E-state index in [1.54, 1.807) is 0 Å². The number of rotatable bonds is 2. The minimum atomic E-state index is 0.186. The van der Waals surface area contributed by atoms with Gasteiger partial charge in [0.05, 0.1) is 0 Å². The molecule has 3 rings (SSSR count). The summed E-state index contributed by atoms with van der Waals surface area (Å²) in [5.74, 6) is 0. The van der Waals surface area contributed by atoms with E-state index in [2.05, 4.69) is 67.6 Å². The van der Waals surface area contributed by atoms with Gasteiger partial charge in [0.15, 0.2) is 0 Å². The van der Waals surface area contributed by atoms with Crippen LogP contribution in [0.25, 0.3) is 6.08 Å². The molecule has 0 heterocycles. The van der Waals surface area contributed by atoms with Gasteiger partial charge in [-0.1, -0.05) is 0 Å². The third-order valence-corrected chi connectivity index (χ3v) is 5.54. The van der Waals surface area contributed by atoms with E-state index in [0.29, 0.717) is 4.63 Å². The molecule has 0 aliphatic heterocycles. The Labute approximate surface area is 109 Å². The summed E-state index contributed by atoms with van der Waals surface area (Å²) in [6.07, 6.45) is 2.35. The molecule has 0 amide bonds. The van der Waals surface area contributed by atoms with Crippen LogP contribution in [0, 0.1) is 0 Å². The van der Waals surface area contributed by atoms with E-state index in [-0.39, 0.29) is 16.3 Å². The van der Waals surface area contributed by atoms with Crippen LogP contribution < -0.4 is 4.28 Å². The molecule has 0 nitrogen and oxygen atoms in total. The van der Waals surface area contributed by atoms with Crippen molar-refractivity contribution < 1.29 is 16.3 Å². The molecule has 2 aromatic rings.